The first-order chi connectivity index (χ1) is 13.6. The van der Waals surface area contributed by atoms with Crippen LogP contribution in [0.5, 0.6) is 0 Å². The molecule has 0 aliphatic carbocycles. The van der Waals surface area contributed by atoms with Crippen LogP contribution in [0.2, 0.25) is 0 Å². The van der Waals surface area contributed by atoms with E-state index in [0.717, 1.165) is 22.5 Å². The van der Waals surface area contributed by atoms with Gasteiger partial charge in [-0.3, -0.25) is 4.79 Å². The molecule has 0 spiro atoms. The molecule has 0 saturated heterocycles. The molecule has 0 atom stereocenters. The average molecular weight is 371 g/mol. The summed E-state index contributed by atoms with van der Waals surface area (Å²) in [5.74, 6) is 1.27. The van der Waals surface area contributed by atoms with Crippen molar-refractivity contribution < 1.29 is 0 Å². The first-order valence-corrected chi connectivity index (χ1v) is 8.90. The highest BCUT2D eigenvalue weighted by Crippen LogP contribution is 2.28. The van der Waals surface area contributed by atoms with E-state index in [-0.39, 0.29) is 5.56 Å². The van der Waals surface area contributed by atoms with Crippen molar-refractivity contribution in [1.82, 2.24) is 34.1 Å². The number of nitrogens with zero attached hydrogens (tertiary/aromatic N) is 7. The van der Waals surface area contributed by atoms with Gasteiger partial charge in [-0.25, -0.2) is 18.9 Å². The molecule has 28 heavy (non-hydrogen) atoms. The van der Waals surface area contributed by atoms with Crippen LogP contribution >= 0.6 is 0 Å². The van der Waals surface area contributed by atoms with Gasteiger partial charge in [-0.2, -0.15) is 5.10 Å². The average Bonchev–Trinajstić information content (AvgIpc) is 3.21. The Morgan fingerprint density at radius 2 is 1.64 bits per heavy atom. The minimum atomic E-state index is -0.202. The predicted octanol–water partition coefficient (Wildman–Crippen LogP) is 2.54. The lowest BCUT2D eigenvalue weighted by atomic mass is 10.1. The number of benzene rings is 1. The molecule has 0 aliphatic rings. The number of aromatic nitrogens is 7. The molecule has 8 heteroatoms. The van der Waals surface area contributed by atoms with Crippen molar-refractivity contribution in [2.24, 2.45) is 0 Å². The fourth-order valence-electron chi connectivity index (χ4n) is 3.64. The lowest BCUT2D eigenvalue weighted by Crippen LogP contribution is -2.27. The standard InChI is InChI=1S/C20H17N7O/c1-12-18(15-7-5-4-6-8-15)19-21-11-16-17(26(19)24-12)9-10-25(20(16)28)27-13(2)22-23-14(27)3/h4-11H,1-3H3. The van der Waals surface area contributed by atoms with Crippen molar-refractivity contribution in [3.8, 4) is 11.1 Å². The molecule has 0 unspecified atom stereocenters. The molecule has 0 saturated carbocycles. The zero-order valence-corrected chi connectivity index (χ0v) is 15.7. The summed E-state index contributed by atoms with van der Waals surface area (Å²) in [5, 5.41) is 13.2. The molecule has 0 aliphatic heterocycles. The van der Waals surface area contributed by atoms with Gasteiger partial charge in [0.1, 0.15) is 11.6 Å². The molecule has 8 nitrogen and oxygen atoms in total. The topological polar surface area (TPSA) is 82.9 Å². The minimum Gasteiger partial charge on any atom is -0.267 e. The first kappa shape index (κ1) is 16.4. The Balaban J connectivity index is 1.81. The quantitative estimate of drug-likeness (QED) is 0.476. The second kappa shape index (κ2) is 5.85. The predicted molar refractivity (Wildman–Crippen MR) is 105 cm³/mol. The van der Waals surface area contributed by atoms with Gasteiger partial charge in [0.05, 0.1) is 16.6 Å². The molecular weight excluding hydrogens is 354 g/mol. The molecule has 0 radical (unpaired) electrons. The molecule has 4 heterocycles. The Hall–Kier alpha value is -3.81. The smallest absolute Gasteiger partial charge is 0.267 e. The summed E-state index contributed by atoms with van der Waals surface area (Å²) in [6.07, 6.45) is 3.33. The number of fused-ring (bicyclic) bond motifs is 3. The number of hydrogen-bond donors (Lipinski definition) is 0. The van der Waals surface area contributed by atoms with Crippen LogP contribution in [0.3, 0.4) is 0 Å². The maximum absolute atomic E-state index is 13.1. The Morgan fingerprint density at radius 1 is 0.929 bits per heavy atom. The number of rotatable bonds is 2. The first-order valence-electron chi connectivity index (χ1n) is 8.90. The van der Waals surface area contributed by atoms with Crippen LogP contribution in [0, 0.1) is 20.8 Å². The van der Waals surface area contributed by atoms with Crippen molar-refractivity contribution in [2.75, 3.05) is 0 Å². The van der Waals surface area contributed by atoms with E-state index >= 15 is 0 Å². The Morgan fingerprint density at radius 3 is 2.36 bits per heavy atom. The largest absolute Gasteiger partial charge is 0.280 e. The summed E-state index contributed by atoms with van der Waals surface area (Å²) in [6.45, 7) is 5.57. The van der Waals surface area contributed by atoms with Crippen LogP contribution in [0.4, 0.5) is 0 Å². The van der Waals surface area contributed by atoms with E-state index in [1.165, 1.54) is 4.68 Å². The molecule has 0 fully saturated rings. The van der Waals surface area contributed by atoms with E-state index in [0.29, 0.717) is 22.6 Å². The van der Waals surface area contributed by atoms with Crippen LogP contribution in [-0.4, -0.2) is 34.1 Å². The lowest BCUT2D eigenvalue weighted by Gasteiger charge is -2.11. The molecule has 5 aromatic rings. The van der Waals surface area contributed by atoms with E-state index in [1.54, 1.807) is 35.4 Å². The van der Waals surface area contributed by atoms with Gasteiger partial charge in [-0.1, -0.05) is 30.3 Å². The van der Waals surface area contributed by atoms with Gasteiger partial charge in [0.25, 0.3) is 5.56 Å². The van der Waals surface area contributed by atoms with E-state index < -0.39 is 0 Å². The van der Waals surface area contributed by atoms with Gasteiger partial charge in [-0.15, -0.1) is 10.2 Å². The van der Waals surface area contributed by atoms with Gasteiger partial charge in [-0.05, 0) is 32.4 Å². The minimum absolute atomic E-state index is 0.202. The molecule has 5 rings (SSSR count). The van der Waals surface area contributed by atoms with Crippen molar-refractivity contribution in [1.29, 1.82) is 0 Å². The second-order valence-electron chi connectivity index (χ2n) is 6.69. The maximum Gasteiger partial charge on any atom is 0.280 e. The van der Waals surface area contributed by atoms with Gasteiger partial charge in [0, 0.05) is 18.0 Å². The summed E-state index contributed by atoms with van der Waals surface area (Å²) >= 11 is 0. The Kier molecular flexibility index (Phi) is 3.42. The highest BCUT2D eigenvalue weighted by Gasteiger charge is 2.17. The third-order valence-corrected chi connectivity index (χ3v) is 4.90. The normalized spacial score (nSPS) is 11.5. The van der Waals surface area contributed by atoms with Crippen molar-refractivity contribution in [3.63, 3.8) is 0 Å². The molecular formula is C20H17N7O. The zero-order chi connectivity index (χ0) is 19.4. The number of pyridine rings is 1. The SMILES string of the molecule is Cc1nn2c(ncc3c(=O)n(-n4c(C)nnc4C)ccc32)c1-c1ccccc1. The van der Waals surface area contributed by atoms with Crippen LogP contribution in [0.25, 0.3) is 27.7 Å². The zero-order valence-electron chi connectivity index (χ0n) is 15.7. The van der Waals surface area contributed by atoms with E-state index in [1.807, 2.05) is 43.3 Å². The summed E-state index contributed by atoms with van der Waals surface area (Å²) < 4.78 is 4.91. The molecule has 0 amide bonds. The van der Waals surface area contributed by atoms with Gasteiger partial charge in [0.15, 0.2) is 5.65 Å². The summed E-state index contributed by atoms with van der Waals surface area (Å²) in [5.41, 5.74) is 4.11. The third kappa shape index (κ3) is 2.21. The van der Waals surface area contributed by atoms with E-state index in [9.17, 15) is 4.79 Å². The van der Waals surface area contributed by atoms with Gasteiger partial charge in [0.2, 0.25) is 0 Å². The van der Waals surface area contributed by atoms with Gasteiger partial charge < -0.3 is 0 Å². The molecule has 138 valence electrons. The highest BCUT2D eigenvalue weighted by molar-refractivity contribution is 5.86. The number of aryl methyl sites for hydroxylation is 3. The van der Waals surface area contributed by atoms with E-state index in [4.69, 9.17) is 0 Å². The van der Waals surface area contributed by atoms with Crippen LogP contribution < -0.4 is 5.56 Å². The van der Waals surface area contributed by atoms with E-state index in [2.05, 4.69) is 20.3 Å². The lowest BCUT2D eigenvalue weighted by molar-refractivity contribution is 0.594. The molecule has 4 aromatic heterocycles. The van der Waals surface area contributed by atoms with Crippen LogP contribution in [0.1, 0.15) is 17.3 Å². The maximum atomic E-state index is 13.1. The van der Waals surface area contributed by atoms with Crippen LogP contribution in [0.15, 0.2) is 53.6 Å². The second-order valence-corrected chi connectivity index (χ2v) is 6.69. The molecule has 1 aromatic carbocycles. The van der Waals surface area contributed by atoms with Gasteiger partial charge >= 0.3 is 0 Å². The Bertz CT molecular complexity index is 1390. The molecule has 0 N–H and O–H groups in total. The van der Waals surface area contributed by atoms with Crippen molar-refractivity contribution in [3.05, 3.63) is 76.5 Å². The summed E-state index contributed by atoms with van der Waals surface area (Å²) in [4.78, 5) is 17.7. The highest BCUT2D eigenvalue weighted by atomic mass is 16.1. The Labute approximate surface area is 159 Å². The monoisotopic (exact) mass is 371 g/mol. The summed E-state index contributed by atoms with van der Waals surface area (Å²) in [6, 6.07) is 11.9. The fourth-order valence-corrected chi connectivity index (χ4v) is 3.64. The van der Waals surface area contributed by atoms with Crippen molar-refractivity contribution in [2.45, 2.75) is 20.8 Å². The fraction of sp³-hybridized carbons (Fsp3) is 0.150. The van der Waals surface area contributed by atoms with Crippen molar-refractivity contribution >= 4 is 16.6 Å². The summed E-state index contributed by atoms with van der Waals surface area (Å²) in [7, 11) is 0. The molecule has 0 bridgehead atoms. The van der Waals surface area contributed by atoms with Crippen LogP contribution in [-0.2, 0) is 0 Å². The number of hydrogen-bond acceptors (Lipinski definition) is 5. The third-order valence-electron chi connectivity index (χ3n) is 4.90.